The zero-order valence-electron chi connectivity index (χ0n) is 18.7. The van der Waals surface area contributed by atoms with Crippen molar-refractivity contribution in [2.45, 2.75) is 57.7 Å². The Morgan fingerprint density at radius 2 is 2.06 bits per heavy atom. The number of benzene rings is 1. The average molecular weight is 446 g/mol. The molecule has 0 bridgehead atoms. The number of hydrogen-bond donors (Lipinski definition) is 3. The molecule has 1 aliphatic rings. The van der Waals surface area contributed by atoms with Crippen LogP contribution < -0.4 is 15.4 Å². The summed E-state index contributed by atoms with van der Waals surface area (Å²) in [6, 6.07) is 10.0. The Hall–Kier alpha value is -3.77. The van der Waals surface area contributed by atoms with Gasteiger partial charge in [0.05, 0.1) is 17.4 Å². The van der Waals surface area contributed by atoms with Gasteiger partial charge in [-0.25, -0.2) is 15.0 Å². The molecule has 1 saturated carbocycles. The van der Waals surface area contributed by atoms with Crippen molar-refractivity contribution in [2.24, 2.45) is 0 Å². The number of aliphatic hydroxyl groups is 1. The summed E-state index contributed by atoms with van der Waals surface area (Å²) in [5.74, 6) is 2.01. The van der Waals surface area contributed by atoms with Gasteiger partial charge < -0.3 is 20.5 Å². The Labute approximate surface area is 192 Å². The second-order valence-corrected chi connectivity index (χ2v) is 8.61. The molecule has 9 nitrogen and oxygen atoms in total. The number of anilines is 2. The Morgan fingerprint density at radius 3 is 2.82 bits per heavy atom. The number of rotatable bonds is 7. The maximum absolute atomic E-state index is 10.2. The predicted octanol–water partition coefficient (Wildman–Crippen LogP) is 3.96. The minimum atomic E-state index is -0.620. The largest absolute Gasteiger partial charge is 0.439 e. The van der Waals surface area contributed by atoms with Gasteiger partial charge in [0.25, 0.3) is 0 Å². The summed E-state index contributed by atoms with van der Waals surface area (Å²) >= 11 is 0. The summed E-state index contributed by atoms with van der Waals surface area (Å²) in [5, 5.41) is 26.2. The van der Waals surface area contributed by atoms with Crippen LogP contribution in [0.5, 0.6) is 11.6 Å². The monoisotopic (exact) mass is 445 g/mol. The first-order chi connectivity index (χ1) is 15.9. The number of nitriles is 1. The number of aromatic nitrogens is 4. The molecule has 1 aromatic carbocycles. The zero-order valence-corrected chi connectivity index (χ0v) is 18.7. The lowest BCUT2D eigenvalue weighted by Crippen LogP contribution is -2.36. The van der Waals surface area contributed by atoms with Gasteiger partial charge in [0.15, 0.2) is 0 Å². The molecule has 4 rings (SSSR count). The second-order valence-electron chi connectivity index (χ2n) is 8.61. The van der Waals surface area contributed by atoms with Crippen LogP contribution in [0.4, 0.5) is 11.8 Å². The highest BCUT2D eigenvalue weighted by Gasteiger charge is 2.29. The summed E-state index contributed by atoms with van der Waals surface area (Å²) in [6.07, 6.45) is 7.67. The molecule has 0 radical (unpaired) electrons. The van der Waals surface area contributed by atoms with E-state index in [0.717, 1.165) is 24.0 Å². The molecule has 33 heavy (non-hydrogen) atoms. The molecular weight excluding hydrogens is 418 g/mol. The van der Waals surface area contributed by atoms with E-state index < -0.39 is 5.60 Å². The van der Waals surface area contributed by atoms with Crippen LogP contribution in [0.15, 0.2) is 43.0 Å². The smallest absolute Gasteiger partial charge is 0.227 e. The Kier molecular flexibility index (Phi) is 6.66. The fourth-order valence-electron chi connectivity index (χ4n) is 3.76. The molecule has 9 heteroatoms. The van der Waals surface area contributed by atoms with E-state index in [-0.39, 0.29) is 6.04 Å². The lowest BCUT2D eigenvalue weighted by molar-refractivity contribution is 0.0196. The molecule has 3 N–H and O–H groups in total. The van der Waals surface area contributed by atoms with Gasteiger partial charge in [-0.05, 0) is 57.2 Å². The molecule has 2 heterocycles. The number of hydrogen-bond acceptors (Lipinski definition) is 9. The SMILES string of the molecule is Cc1cccc(Oc2ncncc2CNc2ncc(C#N)c(N[C@H]3CC[C@@](C)(O)CC3)n2)c1. The van der Waals surface area contributed by atoms with Crippen LogP contribution in [0.2, 0.25) is 0 Å². The highest BCUT2D eigenvalue weighted by molar-refractivity contribution is 5.54. The second kappa shape index (κ2) is 9.79. The molecular formula is C24H27N7O2. The molecule has 170 valence electrons. The third-order valence-corrected chi connectivity index (χ3v) is 5.70. The highest BCUT2D eigenvalue weighted by Crippen LogP contribution is 2.30. The maximum atomic E-state index is 10.2. The van der Waals surface area contributed by atoms with Crippen molar-refractivity contribution >= 4 is 11.8 Å². The predicted molar refractivity (Wildman–Crippen MR) is 124 cm³/mol. The third-order valence-electron chi connectivity index (χ3n) is 5.70. The van der Waals surface area contributed by atoms with Crippen molar-refractivity contribution in [3.05, 3.63) is 59.7 Å². The molecule has 0 saturated heterocycles. The lowest BCUT2D eigenvalue weighted by Gasteiger charge is -2.33. The summed E-state index contributed by atoms with van der Waals surface area (Å²) in [7, 11) is 0. The van der Waals surface area contributed by atoms with E-state index in [1.807, 2.05) is 38.1 Å². The van der Waals surface area contributed by atoms with E-state index in [0.29, 0.717) is 48.3 Å². The Balaban J connectivity index is 1.45. The highest BCUT2D eigenvalue weighted by atomic mass is 16.5. The first kappa shape index (κ1) is 22.4. The van der Waals surface area contributed by atoms with E-state index >= 15 is 0 Å². The van der Waals surface area contributed by atoms with Gasteiger partial charge in [-0.2, -0.15) is 10.2 Å². The number of nitrogens with one attached hydrogen (secondary N) is 2. The van der Waals surface area contributed by atoms with Crippen molar-refractivity contribution in [3.63, 3.8) is 0 Å². The summed E-state index contributed by atoms with van der Waals surface area (Å²) in [6.45, 7) is 4.21. The molecule has 2 aromatic heterocycles. The fraction of sp³-hybridized carbons (Fsp3) is 0.375. The summed E-state index contributed by atoms with van der Waals surface area (Å²) in [4.78, 5) is 17.1. The topological polar surface area (TPSA) is 129 Å². The average Bonchev–Trinajstić information content (AvgIpc) is 2.80. The maximum Gasteiger partial charge on any atom is 0.227 e. The van der Waals surface area contributed by atoms with E-state index in [9.17, 15) is 10.4 Å². The van der Waals surface area contributed by atoms with Crippen molar-refractivity contribution in [2.75, 3.05) is 10.6 Å². The van der Waals surface area contributed by atoms with Gasteiger partial charge in [0, 0.05) is 18.8 Å². The van der Waals surface area contributed by atoms with Gasteiger partial charge in [-0.3, -0.25) is 0 Å². The van der Waals surface area contributed by atoms with E-state index in [1.54, 1.807) is 6.20 Å². The summed E-state index contributed by atoms with van der Waals surface area (Å²) in [5.41, 5.74) is 1.60. The molecule has 1 aliphatic carbocycles. The Bertz CT molecular complexity index is 1150. The van der Waals surface area contributed by atoms with Crippen LogP contribution in [-0.2, 0) is 6.54 Å². The van der Waals surface area contributed by atoms with Crippen LogP contribution >= 0.6 is 0 Å². The minimum Gasteiger partial charge on any atom is -0.439 e. The third kappa shape index (κ3) is 5.93. The Morgan fingerprint density at radius 1 is 1.24 bits per heavy atom. The van der Waals surface area contributed by atoms with Crippen LogP contribution in [-0.4, -0.2) is 36.7 Å². The normalized spacial score (nSPS) is 20.0. The quantitative estimate of drug-likeness (QED) is 0.495. The molecule has 0 aliphatic heterocycles. The van der Waals surface area contributed by atoms with Crippen molar-refractivity contribution in [1.29, 1.82) is 5.26 Å². The van der Waals surface area contributed by atoms with Crippen LogP contribution in [0.1, 0.15) is 49.3 Å². The fourth-order valence-corrected chi connectivity index (χ4v) is 3.76. The van der Waals surface area contributed by atoms with E-state index in [2.05, 4.69) is 36.6 Å². The first-order valence-electron chi connectivity index (χ1n) is 11.0. The van der Waals surface area contributed by atoms with Gasteiger partial charge in [-0.15, -0.1) is 0 Å². The number of ether oxygens (including phenoxy) is 1. The van der Waals surface area contributed by atoms with Gasteiger partial charge >= 0.3 is 0 Å². The molecule has 3 aromatic rings. The first-order valence-corrected chi connectivity index (χ1v) is 11.0. The standard InChI is InChI=1S/C24H27N7O2/c1-16-4-3-5-20(10-16)33-22-18(12-26-15-29-22)14-28-23-27-13-17(11-25)21(31-23)30-19-6-8-24(2,32)9-7-19/h3-5,10,12-13,15,19,32H,6-9,14H2,1-2H3,(H2,27,28,30,31)/t19-,24+. The molecule has 1 fully saturated rings. The van der Waals surface area contributed by atoms with Crippen LogP contribution in [0.3, 0.4) is 0 Å². The van der Waals surface area contributed by atoms with Crippen molar-refractivity contribution in [1.82, 2.24) is 19.9 Å². The molecule has 0 atom stereocenters. The van der Waals surface area contributed by atoms with Gasteiger partial charge in [-0.1, -0.05) is 12.1 Å². The molecule has 0 amide bonds. The zero-order chi connectivity index (χ0) is 23.3. The van der Waals surface area contributed by atoms with E-state index in [1.165, 1.54) is 12.5 Å². The van der Waals surface area contributed by atoms with Crippen LogP contribution in [0.25, 0.3) is 0 Å². The van der Waals surface area contributed by atoms with Gasteiger partial charge in [0.1, 0.15) is 29.5 Å². The number of aryl methyl sites for hydroxylation is 1. The summed E-state index contributed by atoms with van der Waals surface area (Å²) < 4.78 is 5.95. The number of nitrogens with zero attached hydrogens (tertiary/aromatic N) is 5. The lowest BCUT2D eigenvalue weighted by atomic mass is 9.83. The van der Waals surface area contributed by atoms with Crippen molar-refractivity contribution < 1.29 is 9.84 Å². The molecule has 0 unspecified atom stereocenters. The van der Waals surface area contributed by atoms with Gasteiger partial charge in [0.2, 0.25) is 11.8 Å². The minimum absolute atomic E-state index is 0.150. The van der Waals surface area contributed by atoms with Crippen LogP contribution in [0, 0.1) is 18.3 Å². The van der Waals surface area contributed by atoms with Crippen molar-refractivity contribution in [3.8, 4) is 17.7 Å². The molecule has 0 spiro atoms. The van der Waals surface area contributed by atoms with E-state index in [4.69, 9.17) is 4.74 Å².